The highest BCUT2D eigenvalue weighted by atomic mass is 32.1. The predicted molar refractivity (Wildman–Crippen MR) is 73.4 cm³/mol. The van der Waals surface area contributed by atoms with Gasteiger partial charge in [-0.1, -0.05) is 6.07 Å². The first-order valence-electron chi connectivity index (χ1n) is 5.88. The van der Waals surface area contributed by atoms with E-state index in [9.17, 15) is 13.2 Å². The van der Waals surface area contributed by atoms with E-state index in [-0.39, 0.29) is 5.88 Å². The Morgan fingerprint density at radius 3 is 2.76 bits per heavy atom. The number of halogens is 3. The first-order valence-corrected chi connectivity index (χ1v) is 6.76. The maximum Gasteiger partial charge on any atom is 0.422 e. The Kier molecular flexibility index (Phi) is 3.18. The van der Waals surface area contributed by atoms with Crippen molar-refractivity contribution in [2.45, 2.75) is 6.18 Å². The number of thiophene rings is 1. The Balaban J connectivity index is 2.17. The fourth-order valence-electron chi connectivity index (χ4n) is 2.00. The first kappa shape index (κ1) is 13.6. The third-order valence-electron chi connectivity index (χ3n) is 2.86. The van der Waals surface area contributed by atoms with Crippen LogP contribution in [0.5, 0.6) is 5.88 Å². The standard InChI is InChI=1S/C14H7F3N2OS/c15-14(16,17)7-20-13-10-3-4-21-12(10)9-2-1-8(6-18)5-11(9)19-13/h1-5H,7H2. The molecule has 0 spiro atoms. The van der Waals surface area contributed by atoms with Crippen molar-refractivity contribution in [2.75, 3.05) is 6.61 Å². The highest BCUT2D eigenvalue weighted by Crippen LogP contribution is 2.35. The number of fused-ring (bicyclic) bond motifs is 3. The van der Waals surface area contributed by atoms with Gasteiger partial charge in [-0.25, -0.2) is 4.98 Å². The van der Waals surface area contributed by atoms with Crippen molar-refractivity contribution in [2.24, 2.45) is 0 Å². The van der Waals surface area contributed by atoms with E-state index in [4.69, 9.17) is 10.00 Å². The van der Waals surface area contributed by atoms with Crippen LogP contribution in [0.3, 0.4) is 0 Å². The van der Waals surface area contributed by atoms with Gasteiger partial charge in [-0.05, 0) is 23.6 Å². The number of ether oxygens (including phenoxy) is 1. The van der Waals surface area contributed by atoms with Crippen LogP contribution in [0.25, 0.3) is 21.0 Å². The van der Waals surface area contributed by atoms with E-state index in [1.807, 2.05) is 6.07 Å². The largest absolute Gasteiger partial charge is 0.468 e. The molecule has 3 aromatic rings. The van der Waals surface area contributed by atoms with Gasteiger partial charge >= 0.3 is 6.18 Å². The van der Waals surface area contributed by atoms with E-state index < -0.39 is 12.8 Å². The molecule has 0 saturated heterocycles. The van der Waals surface area contributed by atoms with Crippen molar-refractivity contribution in [3.63, 3.8) is 0 Å². The van der Waals surface area contributed by atoms with Crippen LogP contribution in [0.4, 0.5) is 13.2 Å². The number of alkyl halides is 3. The van der Waals surface area contributed by atoms with Gasteiger partial charge in [0.25, 0.3) is 0 Å². The predicted octanol–water partition coefficient (Wildman–Crippen LogP) is 4.26. The molecule has 0 saturated carbocycles. The number of hydrogen-bond donors (Lipinski definition) is 0. The minimum absolute atomic E-state index is 0.0637. The van der Waals surface area contributed by atoms with Gasteiger partial charge < -0.3 is 4.74 Å². The molecule has 0 bridgehead atoms. The molecule has 0 aliphatic rings. The molecule has 106 valence electrons. The lowest BCUT2D eigenvalue weighted by molar-refractivity contribution is -0.153. The summed E-state index contributed by atoms with van der Waals surface area (Å²) in [5.41, 5.74) is 0.842. The van der Waals surface area contributed by atoms with Gasteiger partial charge in [-0.15, -0.1) is 11.3 Å². The molecule has 0 unspecified atom stereocenters. The third kappa shape index (κ3) is 2.62. The summed E-state index contributed by atoms with van der Waals surface area (Å²) >= 11 is 1.39. The lowest BCUT2D eigenvalue weighted by Crippen LogP contribution is -2.19. The van der Waals surface area contributed by atoms with Gasteiger partial charge in [0, 0.05) is 10.1 Å². The quantitative estimate of drug-likeness (QED) is 0.710. The summed E-state index contributed by atoms with van der Waals surface area (Å²) < 4.78 is 42.5. The second-order valence-electron chi connectivity index (χ2n) is 4.33. The van der Waals surface area contributed by atoms with Crippen LogP contribution in [0.15, 0.2) is 29.6 Å². The lowest BCUT2D eigenvalue weighted by Gasteiger charge is -2.10. The summed E-state index contributed by atoms with van der Waals surface area (Å²) in [7, 11) is 0. The molecule has 0 aliphatic heterocycles. The number of nitrogens with zero attached hydrogens (tertiary/aromatic N) is 2. The summed E-state index contributed by atoms with van der Waals surface area (Å²) in [4.78, 5) is 4.12. The maximum absolute atomic E-state index is 12.3. The molecule has 3 rings (SSSR count). The van der Waals surface area contributed by atoms with E-state index in [2.05, 4.69) is 4.98 Å². The summed E-state index contributed by atoms with van der Waals surface area (Å²) in [6, 6.07) is 8.59. The van der Waals surface area contributed by atoms with Crippen molar-refractivity contribution in [1.29, 1.82) is 5.26 Å². The third-order valence-corrected chi connectivity index (χ3v) is 3.81. The van der Waals surface area contributed by atoms with Crippen molar-refractivity contribution in [1.82, 2.24) is 4.98 Å². The van der Waals surface area contributed by atoms with Crippen LogP contribution in [-0.2, 0) is 0 Å². The minimum atomic E-state index is -4.42. The highest BCUT2D eigenvalue weighted by Gasteiger charge is 2.29. The molecule has 0 aliphatic carbocycles. The van der Waals surface area contributed by atoms with Gasteiger partial charge in [0.15, 0.2) is 6.61 Å². The second-order valence-corrected chi connectivity index (χ2v) is 5.24. The van der Waals surface area contributed by atoms with Crippen molar-refractivity contribution < 1.29 is 17.9 Å². The topological polar surface area (TPSA) is 45.9 Å². The number of pyridine rings is 1. The van der Waals surface area contributed by atoms with Gasteiger partial charge in [0.1, 0.15) is 0 Å². The zero-order valence-electron chi connectivity index (χ0n) is 10.4. The van der Waals surface area contributed by atoms with Crippen LogP contribution in [0, 0.1) is 11.3 Å². The number of hydrogen-bond acceptors (Lipinski definition) is 4. The Bertz CT molecular complexity index is 864. The minimum Gasteiger partial charge on any atom is -0.468 e. The molecule has 0 atom stereocenters. The molecular formula is C14H7F3N2OS. The summed E-state index contributed by atoms with van der Waals surface area (Å²) in [6.45, 7) is -1.39. The summed E-state index contributed by atoms with van der Waals surface area (Å²) in [5.74, 6) is -0.0637. The van der Waals surface area contributed by atoms with E-state index in [1.54, 1.807) is 23.6 Å². The normalized spacial score (nSPS) is 11.7. The zero-order chi connectivity index (χ0) is 15.0. The average Bonchev–Trinajstić information content (AvgIpc) is 2.92. The van der Waals surface area contributed by atoms with Crippen LogP contribution in [0.2, 0.25) is 0 Å². The van der Waals surface area contributed by atoms with Crippen LogP contribution in [0.1, 0.15) is 5.56 Å². The Labute approximate surface area is 121 Å². The zero-order valence-corrected chi connectivity index (χ0v) is 11.3. The van der Waals surface area contributed by atoms with Gasteiger partial charge in [0.05, 0.1) is 22.5 Å². The maximum atomic E-state index is 12.3. The molecule has 0 N–H and O–H groups in total. The van der Waals surface area contributed by atoms with Crippen molar-refractivity contribution in [3.05, 3.63) is 35.2 Å². The van der Waals surface area contributed by atoms with E-state index in [1.165, 1.54) is 17.4 Å². The first-order chi connectivity index (χ1) is 9.98. The van der Waals surface area contributed by atoms with E-state index in [0.29, 0.717) is 16.5 Å². The van der Waals surface area contributed by atoms with Gasteiger partial charge in [0.2, 0.25) is 5.88 Å². The number of rotatable bonds is 2. The average molecular weight is 308 g/mol. The molecule has 0 fully saturated rings. The lowest BCUT2D eigenvalue weighted by atomic mass is 10.1. The smallest absolute Gasteiger partial charge is 0.422 e. The SMILES string of the molecule is N#Cc1ccc2c(c1)nc(OCC(F)(F)F)c1ccsc12. The van der Waals surface area contributed by atoms with Gasteiger partial charge in [-0.3, -0.25) is 0 Å². The second kappa shape index (κ2) is 4.90. The summed E-state index contributed by atoms with van der Waals surface area (Å²) in [5, 5.41) is 12.0. The molecule has 2 heterocycles. The van der Waals surface area contributed by atoms with Crippen LogP contribution >= 0.6 is 11.3 Å². The molecule has 0 amide bonds. The molecular weight excluding hydrogens is 301 g/mol. The molecule has 0 radical (unpaired) electrons. The Morgan fingerprint density at radius 2 is 2.05 bits per heavy atom. The molecule has 1 aromatic carbocycles. The van der Waals surface area contributed by atoms with Gasteiger partial charge in [-0.2, -0.15) is 18.4 Å². The Morgan fingerprint density at radius 1 is 1.24 bits per heavy atom. The molecule has 2 aromatic heterocycles. The molecule has 7 heteroatoms. The number of benzene rings is 1. The van der Waals surface area contributed by atoms with Crippen molar-refractivity contribution in [3.8, 4) is 11.9 Å². The molecule has 3 nitrogen and oxygen atoms in total. The summed E-state index contributed by atoms with van der Waals surface area (Å²) in [6.07, 6.45) is -4.42. The van der Waals surface area contributed by atoms with Crippen LogP contribution < -0.4 is 4.74 Å². The van der Waals surface area contributed by atoms with E-state index >= 15 is 0 Å². The fourth-order valence-corrected chi connectivity index (χ4v) is 2.92. The highest BCUT2D eigenvalue weighted by molar-refractivity contribution is 7.18. The number of aromatic nitrogens is 1. The van der Waals surface area contributed by atoms with E-state index in [0.717, 1.165) is 10.1 Å². The van der Waals surface area contributed by atoms with Crippen molar-refractivity contribution >= 4 is 32.3 Å². The molecule has 21 heavy (non-hydrogen) atoms. The Hall–Kier alpha value is -2.33. The van der Waals surface area contributed by atoms with Crippen LogP contribution in [-0.4, -0.2) is 17.8 Å². The monoisotopic (exact) mass is 308 g/mol. The number of nitriles is 1. The fraction of sp³-hybridized carbons (Fsp3) is 0.143.